The molecule has 19 heavy (non-hydrogen) atoms. The van der Waals surface area contributed by atoms with Crippen molar-refractivity contribution in [2.75, 3.05) is 0 Å². The number of benzene rings is 2. The van der Waals surface area contributed by atoms with E-state index in [0.717, 1.165) is 18.2 Å². The lowest BCUT2D eigenvalue weighted by Crippen LogP contribution is -1.95. The fourth-order valence-corrected chi connectivity index (χ4v) is 1.93. The van der Waals surface area contributed by atoms with Crippen molar-refractivity contribution in [1.29, 1.82) is 0 Å². The van der Waals surface area contributed by atoms with E-state index in [-0.39, 0.29) is 16.7 Å². The summed E-state index contributed by atoms with van der Waals surface area (Å²) in [5, 5.41) is 0. The van der Waals surface area contributed by atoms with Crippen molar-refractivity contribution in [3.8, 4) is 5.69 Å². The minimum absolute atomic E-state index is 0.0638. The molecule has 0 aliphatic carbocycles. The molecule has 0 unspecified atom stereocenters. The Bertz CT molecular complexity index is 759. The number of imidazole rings is 1. The zero-order valence-corrected chi connectivity index (χ0v) is 9.37. The van der Waals surface area contributed by atoms with E-state index in [2.05, 4.69) is 4.98 Å². The third-order valence-corrected chi connectivity index (χ3v) is 2.70. The molecule has 0 radical (unpaired) electrons. The maximum Gasteiger partial charge on any atom is 0.153 e. The van der Waals surface area contributed by atoms with Crippen molar-refractivity contribution in [1.82, 2.24) is 9.55 Å². The Kier molecular flexibility index (Phi) is 2.51. The van der Waals surface area contributed by atoms with E-state index in [1.54, 1.807) is 0 Å². The summed E-state index contributed by atoms with van der Waals surface area (Å²) in [5.74, 6) is -3.18. The molecule has 0 amide bonds. The van der Waals surface area contributed by atoms with Crippen LogP contribution in [0.15, 0.2) is 36.7 Å². The molecule has 0 saturated carbocycles. The Labute approximate surface area is 104 Å². The number of hydrogen-bond acceptors (Lipinski definition) is 1. The second kappa shape index (κ2) is 4.08. The van der Waals surface area contributed by atoms with Crippen LogP contribution in [0.1, 0.15) is 0 Å². The van der Waals surface area contributed by atoms with E-state index in [9.17, 15) is 17.6 Å². The van der Waals surface area contributed by atoms with Crippen LogP contribution in [0, 0.1) is 23.3 Å². The average Bonchev–Trinajstić information content (AvgIpc) is 2.71. The molecule has 0 atom stereocenters. The van der Waals surface area contributed by atoms with Crippen molar-refractivity contribution < 1.29 is 17.6 Å². The number of hydrogen-bond donors (Lipinski definition) is 0. The Hall–Kier alpha value is -2.37. The van der Waals surface area contributed by atoms with Gasteiger partial charge in [-0.25, -0.2) is 22.5 Å². The van der Waals surface area contributed by atoms with E-state index in [1.807, 2.05) is 0 Å². The first-order valence-electron chi connectivity index (χ1n) is 5.33. The van der Waals surface area contributed by atoms with Crippen molar-refractivity contribution in [3.05, 3.63) is 59.9 Å². The monoisotopic (exact) mass is 266 g/mol. The minimum atomic E-state index is -0.828. The van der Waals surface area contributed by atoms with Gasteiger partial charge in [-0.1, -0.05) is 0 Å². The molecule has 6 heteroatoms. The summed E-state index contributed by atoms with van der Waals surface area (Å²) in [7, 11) is 0. The molecule has 1 heterocycles. The number of aromatic nitrogens is 2. The van der Waals surface area contributed by atoms with Gasteiger partial charge >= 0.3 is 0 Å². The van der Waals surface area contributed by atoms with Gasteiger partial charge in [-0.3, -0.25) is 4.57 Å². The molecule has 3 aromatic rings. The second-order valence-electron chi connectivity index (χ2n) is 4.00. The van der Waals surface area contributed by atoms with Crippen LogP contribution in [-0.2, 0) is 0 Å². The summed E-state index contributed by atoms with van der Waals surface area (Å²) in [4.78, 5) is 3.77. The number of halogens is 4. The molecular weight excluding hydrogens is 260 g/mol. The van der Waals surface area contributed by atoms with Crippen LogP contribution in [0.25, 0.3) is 16.7 Å². The highest BCUT2D eigenvalue weighted by Gasteiger charge is 2.12. The Balaban J connectivity index is 2.31. The molecule has 1 aromatic heterocycles. The van der Waals surface area contributed by atoms with Gasteiger partial charge in [0.1, 0.15) is 29.3 Å². The van der Waals surface area contributed by atoms with E-state index in [1.165, 1.54) is 10.9 Å². The quantitative estimate of drug-likeness (QED) is 0.615. The van der Waals surface area contributed by atoms with Crippen molar-refractivity contribution in [2.24, 2.45) is 0 Å². The Morgan fingerprint density at radius 1 is 0.789 bits per heavy atom. The van der Waals surface area contributed by atoms with Gasteiger partial charge < -0.3 is 0 Å². The van der Waals surface area contributed by atoms with Crippen LogP contribution >= 0.6 is 0 Å². The minimum Gasteiger partial charge on any atom is -0.298 e. The fourth-order valence-electron chi connectivity index (χ4n) is 1.93. The first-order chi connectivity index (χ1) is 9.04. The van der Waals surface area contributed by atoms with Gasteiger partial charge in [0.05, 0.1) is 11.2 Å². The Morgan fingerprint density at radius 3 is 2.11 bits per heavy atom. The van der Waals surface area contributed by atoms with Gasteiger partial charge in [0.25, 0.3) is 0 Å². The molecule has 0 bridgehead atoms. The first-order valence-corrected chi connectivity index (χ1v) is 5.33. The van der Waals surface area contributed by atoms with E-state index in [0.29, 0.717) is 12.1 Å². The van der Waals surface area contributed by atoms with Gasteiger partial charge in [-0.15, -0.1) is 0 Å². The summed E-state index contributed by atoms with van der Waals surface area (Å²) >= 11 is 0. The fraction of sp³-hybridized carbons (Fsp3) is 0. The molecule has 96 valence electrons. The highest BCUT2D eigenvalue weighted by molar-refractivity contribution is 5.78. The molecule has 2 aromatic carbocycles. The maximum atomic E-state index is 13.5. The van der Waals surface area contributed by atoms with E-state index >= 15 is 0 Å². The van der Waals surface area contributed by atoms with Crippen LogP contribution in [0.3, 0.4) is 0 Å². The lowest BCUT2D eigenvalue weighted by molar-refractivity contribution is 0.582. The Morgan fingerprint density at radius 2 is 1.42 bits per heavy atom. The number of rotatable bonds is 1. The normalized spacial score (nSPS) is 11.2. The molecule has 0 saturated heterocycles. The smallest absolute Gasteiger partial charge is 0.153 e. The first kappa shape index (κ1) is 11.7. The predicted molar refractivity (Wildman–Crippen MR) is 60.9 cm³/mol. The molecule has 0 aliphatic heterocycles. The molecule has 0 fully saturated rings. The zero-order chi connectivity index (χ0) is 13.6. The summed E-state index contributed by atoms with van der Waals surface area (Å²) in [6, 6.07) is 4.56. The lowest BCUT2D eigenvalue weighted by atomic mass is 10.2. The third kappa shape index (κ3) is 1.95. The van der Waals surface area contributed by atoms with Crippen LogP contribution in [0.2, 0.25) is 0 Å². The van der Waals surface area contributed by atoms with Gasteiger partial charge in [0.15, 0.2) is 5.82 Å². The van der Waals surface area contributed by atoms with Crippen LogP contribution < -0.4 is 0 Å². The summed E-state index contributed by atoms with van der Waals surface area (Å²) in [6.45, 7) is 0. The molecule has 0 aliphatic rings. The second-order valence-corrected chi connectivity index (χ2v) is 4.00. The van der Waals surface area contributed by atoms with Crippen molar-refractivity contribution in [2.45, 2.75) is 0 Å². The van der Waals surface area contributed by atoms with Crippen molar-refractivity contribution in [3.63, 3.8) is 0 Å². The maximum absolute atomic E-state index is 13.5. The predicted octanol–water partition coefficient (Wildman–Crippen LogP) is 3.58. The van der Waals surface area contributed by atoms with E-state index < -0.39 is 23.3 Å². The zero-order valence-electron chi connectivity index (χ0n) is 9.37. The summed E-state index contributed by atoms with van der Waals surface area (Å²) < 4.78 is 54.2. The largest absolute Gasteiger partial charge is 0.298 e. The van der Waals surface area contributed by atoms with Crippen LogP contribution in [-0.4, -0.2) is 9.55 Å². The van der Waals surface area contributed by atoms with Crippen LogP contribution in [0.4, 0.5) is 17.6 Å². The molecule has 3 rings (SSSR count). The van der Waals surface area contributed by atoms with Crippen LogP contribution in [0.5, 0.6) is 0 Å². The highest BCUT2D eigenvalue weighted by Crippen LogP contribution is 2.22. The standard InChI is InChI=1S/C13H6F4N2/c14-7-1-8(15)3-10(2-7)19-6-18-13-11(17)4-9(16)5-12(13)19/h1-6H. The number of fused-ring (bicyclic) bond motifs is 1. The van der Waals surface area contributed by atoms with Crippen molar-refractivity contribution >= 4 is 11.0 Å². The van der Waals surface area contributed by atoms with Gasteiger partial charge in [0.2, 0.25) is 0 Å². The molecule has 0 spiro atoms. The molecular formula is C13H6F4N2. The molecule has 0 N–H and O–H groups in total. The van der Waals surface area contributed by atoms with Gasteiger partial charge in [0, 0.05) is 18.2 Å². The van der Waals surface area contributed by atoms with Gasteiger partial charge in [-0.05, 0) is 12.1 Å². The molecule has 2 nitrogen and oxygen atoms in total. The SMILES string of the molecule is Fc1cc(F)cc(-n2cnc3c(F)cc(F)cc32)c1. The highest BCUT2D eigenvalue weighted by atomic mass is 19.1. The average molecular weight is 266 g/mol. The number of nitrogens with zero attached hydrogens (tertiary/aromatic N) is 2. The summed E-state index contributed by atoms with van der Waals surface area (Å²) in [6.07, 6.45) is 1.18. The van der Waals surface area contributed by atoms with E-state index in [4.69, 9.17) is 0 Å². The topological polar surface area (TPSA) is 17.8 Å². The lowest BCUT2D eigenvalue weighted by Gasteiger charge is -2.05. The van der Waals surface area contributed by atoms with Gasteiger partial charge in [-0.2, -0.15) is 0 Å². The summed E-state index contributed by atoms with van der Waals surface area (Å²) in [5.41, 5.74) is 0.138. The third-order valence-electron chi connectivity index (χ3n) is 2.70.